The number of nitrogens with zero attached hydrogens (tertiary/aromatic N) is 1. The fourth-order valence-electron chi connectivity index (χ4n) is 2.01. The van der Waals surface area contributed by atoms with Gasteiger partial charge in [-0.1, -0.05) is 0 Å². The van der Waals surface area contributed by atoms with Crippen LogP contribution in [-0.4, -0.2) is 17.3 Å². The Balaban J connectivity index is 1.51. The Hall–Kier alpha value is -4.29. The summed E-state index contributed by atoms with van der Waals surface area (Å²) in [5.74, 6) is -1.78. The van der Waals surface area contributed by atoms with Crippen LogP contribution in [0.5, 0.6) is 11.6 Å². The van der Waals surface area contributed by atoms with Crippen LogP contribution < -0.4 is 21.1 Å². The zero-order valence-corrected chi connectivity index (χ0v) is 15.5. The first-order chi connectivity index (χ1) is 14.3. The van der Waals surface area contributed by atoms with Crippen molar-refractivity contribution in [3.63, 3.8) is 0 Å². The van der Waals surface area contributed by atoms with E-state index in [9.17, 15) is 19.2 Å². The Morgan fingerprint density at radius 3 is 1.90 bits per heavy atom. The molecule has 0 saturated heterocycles. The average molecular weight is 423 g/mol. The third-order valence-electron chi connectivity index (χ3n) is 3.41. The quantitative estimate of drug-likeness (QED) is 0.529. The van der Waals surface area contributed by atoms with Gasteiger partial charge in [0.15, 0.2) is 36.3 Å². The van der Waals surface area contributed by atoms with Gasteiger partial charge < -0.3 is 36.6 Å². The Bertz CT molecular complexity index is 1080. The van der Waals surface area contributed by atoms with Gasteiger partial charge in [-0.2, -0.15) is 0 Å². The van der Waals surface area contributed by atoms with E-state index in [0.717, 1.165) is 6.07 Å². The Kier molecular flexibility index (Phi) is 6.00. The number of carbonyl (C=O) groups is 2. The van der Waals surface area contributed by atoms with Gasteiger partial charge in [-0.3, -0.25) is 0 Å². The van der Waals surface area contributed by atoms with Crippen LogP contribution in [0.15, 0.2) is 45.6 Å². The summed E-state index contributed by atoms with van der Waals surface area (Å²) in [6.07, 6.45) is -1.08. The molecule has 0 aliphatic heterocycles. The molecule has 0 fully saturated rings. The molecule has 3 aromatic rings. The standard InChI is InChI=1S/C17H13NO12/c1-8-11(28-16(21)25-8)6-23-14(19)27-10-3-4-18-13(5-10)30-15(20)24-7-12-9(2)26-17(22)29-12/h3-5H,6-7H2,1-2H3. The number of ether oxygens (including phenoxy) is 4. The zero-order valence-electron chi connectivity index (χ0n) is 15.5. The van der Waals surface area contributed by atoms with Crippen LogP contribution in [0.3, 0.4) is 0 Å². The second kappa shape index (κ2) is 8.81. The summed E-state index contributed by atoms with van der Waals surface area (Å²) < 4.78 is 37.9. The highest BCUT2D eigenvalue weighted by molar-refractivity contribution is 5.65. The molecule has 13 heteroatoms. The summed E-state index contributed by atoms with van der Waals surface area (Å²) >= 11 is 0. The molecule has 3 aromatic heterocycles. The van der Waals surface area contributed by atoms with E-state index in [1.807, 2.05) is 0 Å². The fourth-order valence-corrected chi connectivity index (χ4v) is 2.01. The molecular weight excluding hydrogens is 410 g/mol. The van der Waals surface area contributed by atoms with Gasteiger partial charge in [0.1, 0.15) is 5.75 Å². The first-order valence-electron chi connectivity index (χ1n) is 8.14. The fraction of sp³-hybridized carbons (Fsp3) is 0.235. The van der Waals surface area contributed by atoms with Gasteiger partial charge in [0, 0.05) is 12.3 Å². The lowest BCUT2D eigenvalue weighted by atomic mass is 10.4. The number of carbonyl (C=O) groups excluding carboxylic acids is 2. The molecule has 0 unspecified atom stereocenters. The summed E-state index contributed by atoms with van der Waals surface area (Å²) in [6, 6.07) is 2.42. The molecule has 3 heterocycles. The molecular formula is C17H13NO12. The molecule has 0 aliphatic rings. The zero-order chi connectivity index (χ0) is 21.7. The minimum atomic E-state index is -1.16. The molecule has 0 saturated carbocycles. The van der Waals surface area contributed by atoms with Crippen LogP contribution in [0.4, 0.5) is 9.59 Å². The summed E-state index contributed by atoms with van der Waals surface area (Å²) in [4.78, 5) is 49.1. The number of rotatable bonds is 6. The first-order valence-corrected chi connectivity index (χ1v) is 8.14. The number of hydrogen-bond acceptors (Lipinski definition) is 13. The Labute approximate surface area is 165 Å². The van der Waals surface area contributed by atoms with Gasteiger partial charge in [0.2, 0.25) is 5.88 Å². The van der Waals surface area contributed by atoms with E-state index in [1.165, 1.54) is 26.1 Å². The third kappa shape index (κ3) is 5.37. The van der Waals surface area contributed by atoms with E-state index >= 15 is 0 Å². The number of aromatic nitrogens is 1. The van der Waals surface area contributed by atoms with Crippen LogP contribution in [0, 0.1) is 13.8 Å². The predicted octanol–water partition coefficient (Wildman–Crippen LogP) is 2.22. The largest absolute Gasteiger partial charge is 0.519 e. The maximum atomic E-state index is 11.7. The molecule has 0 spiro atoms. The average Bonchev–Trinajstić information content (AvgIpc) is 3.17. The third-order valence-corrected chi connectivity index (χ3v) is 3.41. The predicted molar refractivity (Wildman–Crippen MR) is 89.8 cm³/mol. The van der Waals surface area contributed by atoms with Crippen molar-refractivity contribution < 1.29 is 46.2 Å². The maximum absolute atomic E-state index is 11.7. The van der Waals surface area contributed by atoms with E-state index in [2.05, 4.69) is 22.7 Å². The van der Waals surface area contributed by atoms with E-state index in [4.69, 9.17) is 18.9 Å². The SMILES string of the molecule is Cc1oc(=O)oc1COC(=O)Oc1ccnc(OC(=O)OCc2oc(=O)oc2C)c1. The molecule has 0 N–H and O–H groups in total. The van der Waals surface area contributed by atoms with Crippen molar-refractivity contribution in [2.24, 2.45) is 0 Å². The van der Waals surface area contributed by atoms with E-state index < -0.39 is 30.6 Å². The summed E-state index contributed by atoms with van der Waals surface area (Å²) in [5, 5.41) is 0. The van der Waals surface area contributed by atoms with E-state index in [-0.39, 0.29) is 41.3 Å². The van der Waals surface area contributed by atoms with Crippen molar-refractivity contribution in [3.8, 4) is 11.6 Å². The van der Waals surface area contributed by atoms with Crippen LogP contribution in [0.2, 0.25) is 0 Å². The summed E-state index contributed by atoms with van der Waals surface area (Å²) in [7, 11) is 0. The lowest BCUT2D eigenvalue weighted by molar-refractivity contribution is 0.0832. The van der Waals surface area contributed by atoms with Crippen LogP contribution in [-0.2, 0) is 22.7 Å². The first kappa shape index (κ1) is 20.4. The summed E-state index contributed by atoms with van der Waals surface area (Å²) in [5.41, 5.74) is 0. The van der Waals surface area contributed by atoms with Gasteiger partial charge in [0.05, 0.1) is 0 Å². The highest BCUT2D eigenvalue weighted by Gasteiger charge is 2.16. The normalized spacial score (nSPS) is 10.5. The summed E-state index contributed by atoms with van der Waals surface area (Å²) in [6.45, 7) is 2.13. The molecule has 30 heavy (non-hydrogen) atoms. The Morgan fingerprint density at radius 2 is 1.40 bits per heavy atom. The molecule has 13 nitrogen and oxygen atoms in total. The topological polar surface area (TPSA) is 171 Å². The second-order valence-electron chi connectivity index (χ2n) is 5.48. The minimum absolute atomic E-state index is 0.0217. The molecule has 0 radical (unpaired) electrons. The van der Waals surface area contributed by atoms with Gasteiger partial charge in [-0.05, 0) is 19.9 Å². The minimum Gasteiger partial charge on any atom is -0.426 e. The lowest BCUT2D eigenvalue weighted by Crippen LogP contribution is -2.13. The molecule has 0 aromatic carbocycles. The lowest BCUT2D eigenvalue weighted by Gasteiger charge is -2.07. The maximum Gasteiger partial charge on any atom is 0.519 e. The van der Waals surface area contributed by atoms with E-state index in [0.29, 0.717) is 0 Å². The van der Waals surface area contributed by atoms with Crippen molar-refractivity contribution in [3.05, 3.63) is 62.6 Å². The molecule has 0 atom stereocenters. The number of hydrogen-bond donors (Lipinski definition) is 0. The second-order valence-corrected chi connectivity index (χ2v) is 5.48. The molecule has 3 rings (SSSR count). The van der Waals surface area contributed by atoms with Crippen molar-refractivity contribution >= 4 is 12.3 Å². The van der Waals surface area contributed by atoms with Gasteiger partial charge in [-0.15, -0.1) is 0 Å². The number of aryl methyl sites for hydroxylation is 2. The Morgan fingerprint density at radius 1 is 0.867 bits per heavy atom. The van der Waals surface area contributed by atoms with E-state index in [1.54, 1.807) is 0 Å². The van der Waals surface area contributed by atoms with Crippen LogP contribution in [0.1, 0.15) is 23.0 Å². The molecule has 0 bridgehead atoms. The number of pyridine rings is 1. The highest BCUT2D eigenvalue weighted by atomic mass is 16.7. The molecule has 0 amide bonds. The van der Waals surface area contributed by atoms with Gasteiger partial charge in [-0.25, -0.2) is 24.2 Å². The van der Waals surface area contributed by atoms with Crippen LogP contribution >= 0.6 is 0 Å². The van der Waals surface area contributed by atoms with Gasteiger partial charge in [0.25, 0.3) is 0 Å². The van der Waals surface area contributed by atoms with Crippen LogP contribution in [0.25, 0.3) is 0 Å². The molecule has 0 aliphatic carbocycles. The molecule has 158 valence electrons. The van der Waals surface area contributed by atoms with Crippen molar-refractivity contribution in [1.82, 2.24) is 4.98 Å². The smallest absolute Gasteiger partial charge is 0.426 e. The van der Waals surface area contributed by atoms with Gasteiger partial charge >= 0.3 is 24.0 Å². The van der Waals surface area contributed by atoms with Crippen molar-refractivity contribution in [2.45, 2.75) is 27.1 Å². The highest BCUT2D eigenvalue weighted by Crippen LogP contribution is 2.18. The monoisotopic (exact) mass is 423 g/mol. The van der Waals surface area contributed by atoms with Crippen molar-refractivity contribution in [1.29, 1.82) is 0 Å². The van der Waals surface area contributed by atoms with Crippen molar-refractivity contribution in [2.75, 3.05) is 0 Å².